The van der Waals surface area contributed by atoms with Crippen LogP contribution in [0.3, 0.4) is 0 Å². The number of hydrogen-bond donors (Lipinski definition) is 2. The summed E-state index contributed by atoms with van der Waals surface area (Å²) in [5.74, 6) is -1.02. The van der Waals surface area contributed by atoms with E-state index >= 15 is 0 Å². The molecule has 0 spiro atoms. The van der Waals surface area contributed by atoms with Crippen LogP contribution in [0.5, 0.6) is 0 Å². The van der Waals surface area contributed by atoms with Gasteiger partial charge in [-0.25, -0.2) is 4.79 Å². The summed E-state index contributed by atoms with van der Waals surface area (Å²) in [4.78, 5) is 41.1. The van der Waals surface area contributed by atoms with Crippen molar-refractivity contribution in [3.63, 3.8) is 0 Å². The number of carbonyl (C=O) groups excluding carboxylic acids is 3. The van der Waals surface area contributed by atoms with Crippen molar-refractivity contribution >= 4 is 29.7 Å². The van der Waals surface area contributed by atoms with Gasteiger partial charge in [0.25, 0.3) is 11.8 Å². The minimum absolute atomic E-state index is 0.0480. The molecule has 196 valence electrons. The Hall–Kier alpha value is -4.05. The van der Waals surface area contributed by atoms with Crippen LogP contribution in [0, 0.1) is 25.3 Å². The maximum atomic E-state index is 13.8. The van der Waals surface area contributed by atoms with Crippen LogP contribution in [0.25, 0.3) is 6.08 Å². The zero-order chi connectivity index (χ0) is 27.8. The monoisotopic (exact) mass is 503 g/mol. The molecular formula is C30H37N3O4. The summed E-state index contributed by atoms with van der Waals surface area (Å²) in [5, 5.41) is 5.55. The minimum Gasteiger partial charge on any atom is -0.444 e. The quantitative estimate of drug-likeness (QED) is 0.341. The number of amides is 3. The van der Waals surface area contributed by atoms with Crippen molar-refractivity contribution in [3.05, 3.63) is 71.8 Å². The lowest BCUT2D eigenvalue weighted by molar-refractivity contribution is -0.137. The van der Waals surface area contributed by atoms with Crippen molar-refractivity contribution in [2.45, 2.75) is 65.6 Å². The second kappa shape index (κ2) is 12.8. The Morgan fingerprint density at radius 2 is 1.81 bits per heavy atom. The molecular weight excluding hydrogens is 466 g/mol. The first kappa shape index (κ1) is 29.2. The molecule has 2 N–H and O–H groups in total. The van der Waals surface area contributed by atoms with E-state index in [1.807, 2.05) is 45.0 Å². The molecule has 0 aliphatic rings. The lowest BCUT2D eigenvalue weighted by Gasteiger charge is -2.31. The van der Waals surface area contributed by atoms with Gasteiger partial charge >= 0.3 is 6.09 Å². The fourth-order valence-corrected chi connectivity index (χ4v) is 3.76. The molecule has 0 bridgehead atoms. The van der Waals surface area contributed by atoms with E-state index < -0.39 is 35.6 Å². The van der Waals surface area contributed by atoms with E-state index in [0.29, 0.717) is 17.7 Å². The van der Waals surface area contributed by atoms with E-state index in [4.69, 9.17) is 11.2 Å². The Morgan fingerprint density at radius 3 is 2.38 bits per heavy atom. The Bertz CT molecular complexity index is 1170. The lowest BCUT2D eigenvalue weighted by atomic mass is 9.98. The summed E-state index contributed by atoms with van der Waals surface area (Å²) < 4.78 is 5.37. The first-order valence-corrected chi connectivity index (χ1v) is 12.2. The number of ether oxygens (including phenoxy) is 1. The molecule has 37 heavy (non-hydrogen) atoms. The van der Waals surface area contributed by atoms with Gasteiger partial charge in [0.1, 0.15) is 17.7 Å². The predicted octanol–water partition coefficient (Wildman–Crippen LogP) is 5.68. The predicted molar refractivity (Wildman–Crippen MR) is 147 cm³/mol. The molecule has 2 rings (SSSR count). The zero-order valence-corrected chi connectivity index (χ0v) is 22.5. The van der Waals surface area contributed by atoms with Crippen LogP contribution in [0.1, 0.15) is 63.8 Å². The van der Waals surface area contributed by atoms with Crippen LogP contribution in [0.4, 0.5) is 10.5 Å². The second-order valence-corrected chi connectivity index (χ2v) is 10.2. The summed E-state index contributed by atoms with van der Waals surface area (Å²) >= 11 is 0. The van der Waals surface area contributed by atoms with Crippen LogP contribution in [-0.2, 0) is 14.3 Å². The summed E-state index contributed by atoms with van der Waals surface area (Å²) in [7, 11) is 0. The molecule has 2 atom stereocenters. The maximum Gasteiger partial charge on any atom is 0.408 e. The maximum absolute atomic E-state index is 13.8. The lowest BCUT2D eigenvalue weighted by Crippen LogP contribution is -2.51. The van der Waals surface area contributed by atoms with Gasteiger partial charge in [-0.2, -0.15) is 0 Å². The number of carbonyl (C=O) groups is 3. The van der Waals surface area contributed by atoms with Gasteiger partial charge in [0.2, 0.25) is 0 Å². The summed E-state index contributed by atoms with van der Waals surface area (Å²) in [5.41, 5.74) is 1.99. The van der Waals surface area contributed by atoms with E-state index in [9.17, 15) is 14.4 Å². The van der Waals surface area contributed by atoms with E-state index in [1.165, 1.54) is 0 Å². The van der Waals surface area contributed by atoms with Crippen LogP contribution >= 0.6 is 0 Å². The molecule has 2 aromatic rings. The number of aryl methyl sites for hydroxylation is 1. The highest BCUT2D eigenvalue weighted by Gasteiger charge is 2.36. The van der Waals surface area contributed by atoms with E-state index in [1.54, 1.807) is 51.1 Å². The molecule has 0 aromatic heterocycles. The van der Waals surface area contributed by atoms with Gasteiger partial charge in [-0.1, -0.05) is 69.3 Å². The molecule has 0 aliphatic carbocycles. The third-order valence-corrected chi connectivity index (χ3v) is 5.44. The van der Waals surface area contributed by atoms with Crippen LogP contribution in [0.15, 0.2) is 55.1 Å². The van der Waals surface area contributed by atoms with Crippen LogP contribution < -0.4 is 10.6 Å². The number of para-hydroxylation sites is 1. The van der Waals surface area contributed by atoms with E-state index in [0.717, 1.165) is 16.0 Å². The van der Waals surface area contributed by atoms with Crippen molar-refractivity contribution in [1.82, 2.24) is 10.2 Å². The number of alkyl carbamates (subject to hydrolysis) is 1. The summed E-state index contributed by atoms with van der Waals surface area (Å²) in [6.07, 6.45) is 7.06. The van der Waals surface area contributed by atoms with Crippen molar-refractivity contribution in [3.8, 4) is 12.5 Å². The fraction of sp³-hybridized carbons (Fsp3) is 0.367. The summed E-state index contributed by atoms with van der Waals surface area (Å²) in [6.45, 7) is 14.7. The van der Waals surface area contributed by atoms with Gasteiger partial charge < -0.3 is 15.4 Å². The molecule has 2 unspecified atom stereocenters. The second-order valence-electron chi connectivity index (χ2n) is 10.2. The first-order chi connectivity index (χ1) is 17.4. The number of nitrogens with zero attached hydrogens (tertiary/aromatic N) is 1. The van der Waals surface area contributed by atoms with Gasteiger partial charge in [0.15, 0.2) is 0 Å². The molecule has 7 heteroatoms. The summed E-state index contributed by atoms with van der Waals surface area (Å²) in [6, 6.07) is 14.6. The van der Waals surface area contributed by atoms with Gasteiger partial charge in [-0.3, -0.25) is 14.5 Å². The van der Waals surface area contributed by atoms with Crippen molar-refractivity contribution < 1.29 is 19.1 Å². The molecule has 0 fully saturated rings. The highest BCUT2D eigenvalue weighted by Crippen LogP contribution is 2.26. The zero-order valence-electron chi connectivity index (χ0n) is 22.5. The largest absolute Gasteiger partial charge is 0.444 e. The van der Waals surface area contributed by atoms with E-state index in [-0.39, 0.29) is 5.92 Å². The molecule has 0 radical (unpaired) electrons. The van der Waals surface area contributed by atoms with E-state index in [2.05, 4.69) is 23.3 Å². The molecule has 2 aromatic carbocycles. The molecule has 0 aliphatic heterocycles. The Kier molecular flexibility index (Phi) is 10.1. The number of terminal acetylenes is 1. The number of rotatable bonds is 9. The first-order valence-electron chi connectivity index (χ1n) is 12.2. The Balaban J connectivity index is 2.51. The van der Waals surface area contributed by atoms with Gasteiger partial charge in [0.05, 0.1) is 0 Å². The molecule has 0 saturated carbocycles. The van der Waals surface area contributed by atoms with Gasteiger partial charge in [-0.05, 0) is 68.9 Å². The highest BCUT2D eigenvalue weighted by molar-refractivity contribution is 6.00. The average Bonchev–Trinajstić information content (AvgIpc) is 2.81. The van der Waals surface area contributed by atoms with Crippen molar-refractivity contribution in [2.75, 3.05) is 5.32 Å². The average molecular weight is 504 g/mol. The normalized spacial score (nSPS) is 12.6. The third kappa shape index (κ3) is 8.53. The van der Waals surface area contributed by atoms with Crippen LogP contribution in [0.2, 0.25) is 0 Å². The minimum atomic E-state index is -1.16. The van der Waals surface area contributed by atoms with Crippen LogP contribution in [-0.4, -0.2) is 34.5 Å². The molecule has 7 nitrogen and oxygen atoms in total. The highest BCUT2D eigenvalue weighted by atomic mass is 16.6. The Labute approximate surface area is 220 Å². The van der Waals surface area contributed by atoms with Gasteiger partial charge in [-0.15, -0.1) is 0 Å². The fourth-order valence-electron chi connectivity index (χ4n) is 3.76. The van der Waals surface area contributed by atoms with Crippen molar-refractivity contribution in [1.29, 1.82) is 0 Å². The van der Waals surface area contributed by atoms with Gasteiger partial charge in [0, 0.05) is 11.7 Å². The molecule has 0 heterocycles. The number of benzene rings is 2. The SMILES string of the molecule is C#CN(C(=O)C(CC(C)C)NC(=O)OC(C)(C)C)C(C(=O)Nc1ccccc1C)c1cccc(C=C)c1. The smallest absolute Gasteiger partial charge is 0.408 e. The molecule has 3 amide bonds. The topological polar surface area (TPSA) is 87.7 Å². The standard InChI is InChI=1S/C30H37N3O4/c1-9-22-15-13-16-23(19-22)26(27(34)31-24-17-12-11-14-21(24)5)33(10-2)28(35)25(18-20(3)4)32-29(36)37-30(6,7)8/h2,9,11-17,19-20,25-26H,1,18H2,3-8H3,(H,31,34)(H,32,36). The third-order valence-electron chi connectivity index (χ3n) is 5.44. The molecule has 0 saturated heterocycles. The number of anilines is 1. The Morgan fingerprint density at radius 1 is 1.14 bits per heavy atom. The van der Waals surface area contributed by atoms with Crippen molar-refractivity contribution in [2.24, 2.45) is 5.92 Å². The number of nitrogens with one attached hydrogen (secondary N) is 2. The number of hydrogen-bond acceptors (Lipinski definition) is 4.